The Morgan fingerprint density at radius 2 is 1.85 bits per heavy atom. The Morgan fingerprint density at radius 1 is 1.04 bits per heavy atom. The fourth-order valence-corrected chi connectivity index (χ4v) is 4.13. The molecule has 5 heteroatoms. The summed E-state index contributed by atoms with van der Waals surface area (Å²) in [5.74, 6) is 1.97. The zero-order chi connectivity index (χ0) is 17.8. The van der Waals surface area contributed by atoms with Crippen LogP contribution < -0.4 is 0 Å². The van der Waals surface area contributed by atoms with Crippen molar-refractivity contribution < 1.29 is 9.15 Å². The summed E-state index contributed by atoms with van der Waals surface area (Å²) in [5, 5.41) is 8.83. The molecule has 1 unspecified atom stereocenters. The van der Waals surface area contributed by atoms with E-state index in [2.05, 4.69) is 46.3 Å². The van der Waals surface area contributed by atoms with Crippen molar-refractivity contribution in [2.45, 2.75) is 64.0 Å². The number of hydrogen-bond acceptors (Lipinski definition) is 5. The first kappa shape index (κ1) is 17.7. The SMILES string of the molecule is CCc1cccc(CN2CCCCC2c2nnc(C3CCOCC3)o2)c1. The Hall–Kier alpha value is -1.72. The van der Waals surface area contributed by atoms with Crippen LogP contribution in [0.4, 0.5) is 0 Å². The summed E-state index contributed by atoms with van der Waals surface area (Å²) in [6.07, 6.45) is 6.62. The standard InChI is InChI=1S/C21H29N3O2/c1-2-16-6-5-7-17(14-16)15-24-11-4-3-8-19(24)21-23-22-20(26-21)18-9-12-25-13-10-18/h5-7,14,18-19H,2-4,8-13,15H2,1H3. The van der Waals surface area contributed by atoms with Gasteiger partial charge in [0.05, 0.1) is 6.04 Å². The minimum atomic E-state index is 0.245. The van der Waals surface area contributed by atoms with Gasteiger partial charge in [0.25, 0.3) is 0 Å². The highest BCUT2D eigenvalue weighted by atomic mass is 16.5. The van der Waals surface area contributed by atoms with Crippen molar-refractivity contribution in [1.29, 1.82) is 0 Å². The van der Waals surface area contributed by atoms with Gasteiger partial charge in [0, 0.05) is 25.7 Å². The smallest absolute Gasteiger partial charge is 0.233 e. The Balaban J connectivity index is 1.49. The van der Waals surface area contributed by atoms with Gasteiger partial charge in [-0.3, -0.25) is 4.90 Å². The van der Waals surface area contributed by atoms with Gasteiger partial charge >= 0.3 is 0 Å². The number of rotatable bonds is 5. The molecule has 4 rings (SSSR count). The van der Waals surface area contributed by atoms with Gasteiger partial charge in [-0.2, -0.15) is 0 Å². The zero-order valence-corrected chi connectivity index (χ0v) is 15.7. The molecule has 0 spiro atoms. The summed E-state index contributed by atoms with van der Waals surface area (Å²) < 4.78 is 11.6. The van der Waals surface area contributed by atoms with Gasteiger partial charge in [-0.1, -0.05) is 37.6 Å². The maximum absolute atomic E-state index is 6.16. The molecule has 0 amide bonds. The molecule has 0 radical (unpaired) electrons. The summed E-state index contributed by atoms with van der Waals surface area (Å²) in [5.41, 5.74) is 2.77. The predicted molar refractivity (Wildman–Crippen MR) is 99.9 cm³/mol. The molecule has 2 fully saturated rings. The molecule has 1 aromatic heterocycles. The molecule has 1 atom stereocenters. The first-order valence-corrected chi connectivity index (χ1v) is 10.1. The van der Waals surface area contributed by atoms with Gasteiger partial charge in [-0.05, 0) is 49.8 Å². The molecule has 1 aromatic carbocycles. The van der Waals surface area contributed by atoms with E-state index in [0.29, 0.717) is 5.92 Å². The lowest BCUT2D eigenvalue weighted by atomic mass is 10.00. The van der Waals surface area contributed by atoms with Gasteiger partial charge in [-0.25, -0.2) is 0 Å². The van der Waals surface area contributed by atoms with Crippen molar-refractivity contribution in [1.82, 2.24) is 15.1 Å². The highest BCUT2D eigenvalue weighted by Gasteiger charge is 2.30. The maximum atomic E-state index is 6.16. The summed E-state index contributed by atoms with van der Waals surface area (Å²) in [7, 11) is 0. The van der Waals surface area contributed by atoms with Crippen LogP contribution in [0.3, 0.4) is 0 Å². The Morgan fingerprint density at radius 3 is 2.69 bits per heavy atom. The van der Waals surface area contributed by atoms with Crippen LogP contribution in [0.25, 0.3) is 0 Å². The van der Waals surface area contributed by atoms with Crippen molar-refractivity contribution in [3.63, 3.8) is 0 Å². The van der Waals surface area contributed by atoms with Crippen LogP contribution in [0.5, 0.6) is 0 Å². The molecular weight excluding hydrogens is 326 g/mol. The highest BCUT2D eigenvalue weighted by molar-refractivity contribution is 5.23. The number of likely N-dealkylation sites (tertiary alicyclic amines) is 1. The maximum Gasteiger partial charge on any atom is 0.233 e. The quantitative estimate of drug-likeness (QED) is 0.802. The average molecular weight is 355 g/mol. The third-order valence-electron chi connectivity index (χ3n) is 5.71. The van der Waals surface area contributed by atoms with E-state index in [1.807, 2.05) is 0 Å². The molecule has 0 N–H and O–H groups in total. The van der Waals surface area contributed by atoms with Gasteiger partial charge in [0.2, 0.25) is 11.8 Å². The van der Waals surface area contributed by atoms with Gasteiger partial charge < -0.3 is 9.15 Å². The second-order valence-electron chi connectivity index (χ2n) is 7.52. The number of nitrogens with zero attached hydrogens (tertiary/aromatic N) is 3. The van der Waals surface area contributed by atoms with E-state index >= 15 is 0 Å². The Labute approximate surface area is 155 Å². The summed E-state index contributed by atoms with van der Waals surface area (Å²) >= 11 is 0. The molecule has 0 aliphatic carbocycles. The van der Waals surface area contributed by atoms with Crippen molar-refractivity contribution >= 4 is 0 Å². The highest BCUT2D eigenvalue weighted by Crippen LogP contribution is 2.33. The number of benzene rings is 1. The van der Waals surface area contributed by atoms with Crippen molar-refractivity contribution in [2.75, 3.05) is 19.8 Å². The molecular formula is C21H29N3O2. The van der Waals surface area contributed by atoms with Crippen molar-refractivity contribution in [2.24, 2.45) is 0 Å². The Bertz CT molecular complexity index is 709. The first-order chi connectivity index (χ1) is 12.8. The van der Waals surface area contributed by atoms with E-state index < -0.39 is 0 Å². The molecule has 2 aliphatic rings. The van der Waals surface area contributed by atoms with E-state index in [0.717, 1.165) is 63.8 Å². The van der Waals surface area contributed by atoms with Crippen LogP contribution >= 0.6 is 0 Å². The predicted octanol–water partition coefficient (Wildman–Crippen LogP) is 4.25. The van der Waals surface area contributed by atoms with Crippen LogP contribution in [0.15, 0.2) is 28.7 Å². The molecule has 2 aromatic rings. The van der Waals surface area contributed by atoms with E-state index in [9.17, 15) is 0 Å². The van der Waals surface area contributed by atoms with Crippen LogP contribution in [0.1, 0.15) is 73.9 Å². The lowest BCUT2D eigenvalue weighted by Crippen LogP contribution is -2.33. The van der Waals surface area contributed by atoms with Gasteiger partial charge in [0.1, 0.15) is 0 Å². The fourth-order valence-electron chi connectivity index (χ4n) is 4.13. The van der Waals surface area contributed by atoms with Crippen LogP contribution in [0.2, 0.25) is 0 Å². The second kappa shape index (κ2) is 8.31. The number of ether oxygens (including phenoxy) is 1. The molecule has 2 aliphatic heterocycles. The lowest BCUT2D eigenvalue weighted by molar-refractivity contribution is 0.0768. The van der Waals surface area contributed by atoms with Gasteiger partial charge in [-0.15, -0.1) is 10.2 Å². The Kier molecular flexibility index (Phi) is 5.65. The van der Waals surface area contributed by atoms with E-state index in [-0.39, 0.29) is 6.04 Å². The molecule has 3 heterocycles. The number of aromatic nitrogens is 2. The minimum absolute atomic E-state index is 0.245. The third-order valence-corrected chi connectivity index (χ3v) is 5.71. The molecule has 140 valence electrons. The monoisotopic (exact) mass is 355 g/mol. The van der Waals surface area contributed by atoms with E-state index in [4.69, 9.17) is 9.15 Å². The van der Waals surface area contributed by atoms with Crippen LogP contribution in [-0.4, -0.2) is 34.9 Å². The minimum Gasteiger partial charge on any atom is -0.423 e. The average Bonchev–Trinajstić information content (AvgIpc) is 3.19. The molecule has 0 bridgehead atoms. The number of piperidine rings is 1. The van der Waals surface area contributed by atoms with Gasteiger partial charge in [0.15, 0.2) is 0 Å². The molecule has 5 nitrogen and oxygen atoms in total. The second-order valence-corrected chi connectivity index (χ2v) is 7.52. The summed E-state index contributed by atoms with van der Waals surface area (Å²) in [6, 6.07) is 9.17. The number of hydrogen-bond donors (Lipinski definition) is 0. The molecule has 2 saturated heterocycles. The molecule has 0 saturated carbocycles. The lowest BCUT2D eigenvalue weighted by Gasteiger charge is -2.33. The van der Waals surface area contributed by atoms with E-state index in [1.165, 1.54) is 24.0 Å². The summed E-state index contributed by atoms with van der Waals surface area (Å²) in [6.45, 7) is 5.85. The largest absolute Gasteiger partial charge is 0.423 e. The third kappa shape index (κ3) is 3.99. The fraction of sp³-hybridized carbons (Fsp3) is 0.619. The van der Waals surface area contributed by atoms with Crippen molar-refractivity contribution in [3.8, 4) is 0 Å². The normalized spacial score (nSPS) is 22.6. The van der Waals surface area contributed by atoms with Crippen molar-refractivity contribution in [3.05, 3.63) is 47.2 Å². The van der Waals surface area contributed by atoms with Crippen LogP contribution in [0, 0.1) is 0 Å². The topological polar surface area (TPSA) is 51.4 Å². The van der Waals surface area contributed by atoms with Crippen LogP contribution in [-0.2, 0) is 17.7 Å². The zero-order valence-electron chi connectivity index (χ0n) is 15.7. The summed E-state index contributed by atoms with van der Waals surface area (Å²) in [4.78, 5) is 2.51. The van der Waals surface area contributed by atoms with E-state index in [1.54, 1.807) is 0 Å². The first-order valence-electron chi connectivity index (χ1n) is 10.1. The molecule has 26 heavy (non-hydrogen) atoms. The number of aryl methyl sites for hydroxylation is 1.